The van der Waals surface area contributed by atoms with Gasteiger partial charge in [-0.3, -0.25) is 0 Å². The van der Waals surface area contributed by atoms with Gasteiger partial charge in [-0.15, -0.1) is 0 Å². The second kappa shape index (κ2) is 13.4. The first kappa shape index (κ1) is 30.8. The Morgan fingerprint density at radius 3 is 2.11 bits per heavy atom. The molecule has 2 aliphatic heterocycles. The average Bonchev–Trinajstić information content (AvgIpc) is 3.34. The summed E-state index contributed by atoms with van der Waals surface area (Å²) in [6, 6.07) is 26.8. The van der Waals surface area contributed by atoms with Gasteiger partial charge in [0, 0.05) is 52.9 Å². The van der Waals surface area contributed by atoms with Gasteiger partial charge < -0.3 is 19.7 Å². The van der Waals surface area contributed by atoms with E-state index < -0.39 is 5.60 Å². The molecule has 0 aliphatic carbocycles. The van der Waals surface area contributed by atoms with Crippen molar-refractivity contribution in [1.82, 2.24) is 0 Å². The van der Waals surface area contributed by atoms with Crippen LogP contribution in [0.2, 0.25) is 0 Å². The molecule has 4 aromatic rings. The number of benzene rings is 4. The van der Waals surface area contributed by atoms with Crippen LogP contribution in [0.1, 0.15) is 103 Å². The van der Waals surface area contributed by atoms with Crippen LogP contribution in [-0.2, 0) is 10.3 Å². The molecular weight excluding hydrogens is 556 g/mol. The van der Waals surface area contributed by atoms with Gasteiger partial charge in [0.1, 0.15) is 11.5 Å². The smallest absolute Gasteiger partial charge is 0.340 e. The van der Waals surface area contributed by atoms with Crippen LogP contribution in [0, 0.1) is 13.8 Å². The van der Waals surface area contributed by atoms with Crippen LogP contribution in [-0.4, -0.2) is 19.1 Å². The number of rotatable bonds is 13. The molecule has 0 saturated heterocycles. The van der Waals surface area contributed by atoms with E-state index in [1.54, 1.807) is 0 Å². The molecule has 1 unspecified atom stereocenters. The molecule has 2 aliphatic rings. The minimum Gasteiger partial charge on any atom is -0.456 e. The molecule has 0 saturated carbocycles. The molecule has 0 amide bonds. The molecule has 0 radical (unpaired) electrons. The van der Waals surface area contributed by atoms with Crippen LogP contribution in [0.3, 0.4) is 0 Å². The van der Waals surface area contributed by atoms with Crippen LogP contribution in [0.25, 0.3) is 0 Å². The second-order valence-corrected chi connectivity index (χ2v) is 12.7. The van der Waals surface area contributed by atoms with Gasteiger partial charge in [0.2, 0.25) is 0 Å². The maximum atomic E-state index is 13.5. The summed E-state index contributed by atoms with van der Waals surface area (Å²) in [7, 11) is 0. The Balaban J connectivity index is 1.43. The summed E-state index contributed by atoms with van der Waals surface area (Å²) >= 11 is 0. The lowest BCUT2D eigenvalue weighted by atomic mass is 9.77. The third kappa shape index (κ3) is 6.05. The average molecular weight is 603 g/mol. The SMILES string of the molecule is CCCCCCN(CCCCCC)c1ccc2c(c1)Oc1cc(C)c(Nc3ccc(C)cc3)cc1C21OC(=O)c2ccccc21. The lowest BCUT2D eigenvalue weighted by molar-refractivity contribution is 0.0224. The van der Waals surface area contributed by atoms with Crippen molar-refractivity contribution < 1.29 is 14.3 Å². The van der Waals surface area contributed by atoms with Crippen molar-refractivity contribution in [2.24, 2.45) is 0 Å². The molecule has 2 heterocycles. The van der Waals surface area contributed by atoms with Gasteiger partial charge in [-0.2, -0.15) is 0 Å². The predicted molar refractivity (Wildman–Crippen MR) is 184 cm³/mol. The number of carbonyl (C=O) groups is 1. The maximum Gasteiger partial charge on any atom is 0.340 e. The molecular formula is C40H46N2O3. The summed E-state index contributed by atoms with van der Waals surface area (Å²) in [5.41, 5.74) is 7.42. The van der Waals surface area contributed by atoms with E-state index >= 15 is 0 Å². The first-order chi connectivity index (χ1) is 21.9. The summed E-state index contributed by atoms with van der Waals surface area (Å²) in [5.74, 6) is 1.15. The molecule has 6 rings (SSSR count). The van der Waals surface area contributed by atoms with Crippen LogP contribution in [0.5, 0.6) is 11.5 Å². The zero-order valence-electron chi connectivity index (χ0n) is 27.2. The predicted octanol–water partition coefficient (Wildman–Crippen LogP) is 10.6. The zero-order chi connectivity index (χ0) is 31.4. The van der Waals surface area contributed by atoms with Crippen molar-refractivity contribution in [3.8, 4) is 11.5 Å². The Morgan fingerprint density at radius 2 is 1.40 bits per heavy atom. The van der Waals surface area contributed by atoms with Crippen LogP contribution in [0.15, 0.2) is 78.9 Å². The highest BCUT2D eigenvalue weighted by molar-refractivity contribution is 5.97. The molecule has 0 fully saturated rings. The molecule has 45 heavy (non-hydrogen) atoms. The Hall–Kier alpha value is -4.25. The van der Waals surface area contributed by atoms with Crippen molar-refractivity contribution in [1.29, 1.82) is 0 Å². The van der Waals surface area contributed by atoms with Crippen molar-refractivity contribution in [3.63, 3.8) is 0 Å². The van der Waals surface area contributed by atoms with Gasteiger partial charge in [-0.25, -0.2) is 4.79 Å². The van der Waals surface area contributed by atoms with E-state index in [1.165, 1.54) is 56.9 Å². The topological polar surface area (TPSA) is 50.8 Å². The van der Waals surface area contributed by atoms with Gasteiger partial charge >= 0.3 is 5.97 Å². The van der Waals surface area contributed by atoms with Gasteiger partial charge in [-0.05, 0) is 74.7 Å². The number of aryl methyl sites for hydroxylation is 2. The van der Waals surface area contributed by atoms with Gasteiger partial charge in [0.15, 0.2) is 5.60 Å². The Kier molecular flexibility index (Phi) is 9.16. The third-order valence-corrected chi connectivity index (χ3v) is 9.30. The molecule has 234 valence electrons. The minimum atomic E-state index is -1.10. The summed E-state index contributed by atoms with van der Waals surface area (Å²) in [6.07, 6.45) is 9.82. The summed E-state index contributed by atoms with van der Waals surface area (Å²) < 4.78 is 13.2. The third-order valence-electron chi connectivity index (χ3n) is 9.30. The fourth-order valence-electron chi connectivity index (χ4n) is 6.76. The molecule has 1 N–H and O–H groups in total. The standard InChI is InChI=1S/C40H46N2O3/c1-5-7-9-13-23-42(24-14-10-8-6-2)31-21-22-34-38(26-31)44-37-25-29(4)36(41-30-19-17-28(3)18-20-30)27-35(37)40(34)33-16-12-11-15-32(33)39(43)45-40/h11-12,15-22,25-27,41H,5-10,13-14,23-24H2,1-4H3. The van der Waals surface area contributed by atoms with Gasteiger partial charge in [0.25, 0.3) is 0 Å². The van der Waals surface area contributed by atoms with Crippen molar-refractivity contribution in [3.05, 3.63) is 112 Å². The van der Waals surface area contributed by atoms with Crippen molar-refractivity contribution in [2.45, 2.75) is 84.7 Å². The van der Waals surface area contributed by atoms with Crippen molar-refractivity contribution >= 4 is 23.0 Å². The van der Waals surface area contributed by atoms with E-state index in [0.29, 0.717) is 11.3 Å². The van der Waals surface area contributed by atoms with Crippen molar-refractivity contribution in [2.75, 3.05) is 23.3 Å². The number of carbonyl (C=O) groups excluding carboxylic acids is 1. The first-order valence-electron chi connectivity index (χ1n) is 16.8. The van der Waals surface area contributed by atoms with E-state index in [2.05, 4.69) is 92.5 Å². The highest BCUT2D eigenvalue weighted by Crippen LogP contribution is 2.57. The van der Waals surface area contributed by atoms with E-state index in [-0.39, 0.29) is 5.97 Å². The first-order valence-corrected chi connectivity index (χ1v) is 16.8. The lowest BCUT2D eigenvalue weighted by Crippen LogP contribution is -2.33. The van der Waals surface area contributed by atoms with Gasteiger partial charge in [-0.1, -0.05) is 88.3 Å². The number of ether oxygens (including phenoxy) is 2. The van der Waals surface area contributed by atoms with E-state index in [0.717, 1.165) is 58.2 Å². The quantitative estimate of drug-likeness (QED) is 0.122. The van der Waals surface area contributed by atoms with Crippen LogP contribution >= 0.6 is 0 Å². The Morgan fingerprint density at radius 1 is 0.711 bits per heavy atom. The van der Waals surface area contributed by atoms with E-state index in [9.17, 15) is 4.79 Å². The van der Waals surface area contributed by atoms with E-state index in [1.807, 2.05) is 24.3 Å². The second-order valence-electron chi connectivity index (χ2n) is 12.7. The number of hydrogen-bond acceptors (Lipinski definition) is 5. The van der Waals surface area contributed by atoms with Gasteiger partial charge in [0.05, 0.1) is 5.56 Å². The molecule has 5 heteroatoms. The lowest BCUT2D eigenvalue weighted by Gasteiger charge is -2.38. The summed E-state index contributed by atoms with van der Waals surface area (Å²) in [4.78, 5) is 16.0. The van der Waals surface area contributed by atoms with E-state index in [4.69, 9.17) is 9.47 Å². The number of nitrogens with one attached hydrogen (secondary N) is 1. The molecule has 1 atom stereocenters. The minimum absolute atomic E-state index is 0.310. The largest absolute Gasteiger partial charge is 0.456 e. The fraction of sp³-hybridized carbons (Fsp3) is 0.375. The highest BCUT2D eigenvalue weighted by Gasteiger charge is 2.53. The van der Waals surface area contributed by atoms with Crippen LogP contribution < -0.4 is 15.0 Å². The van der Waals surface area contributed by atoms with Crippen LogP contribution in [0.4, 0.5) is 17.1 Å². The molecule has 0 bridgehead atoms. The number of fused-ring (bicyclic) bond motifs is 6. The molecule has 1 spiro atoms. The number of esters is 1. The maximum absolute atomic E-state index is 13.5. The monoisotopic (exact) mass is 602 g/mol. The number of unbranched alkanes of at least 4 members (excludes halogenated alkanes) is 6. The number of anilines is 3. The fourth-order valence-corrected chi connectivity index (χ4v) is 6.76. The molecule has 5 nitrogen and oxygen atoms in total. The number of hydrogen-bond donors (Lipinski definition) is 1. The summed E-state index contributed by atoms with van der Waals surface area (Å²) in [5, 5.41) is 3.59. The molecule has 0 aromatic heterocycles. The Labute approximate surface area is 268 Å². The number of nitrogens with zero attached hydrogens (tertiary/aromatic N) is 1. The molecule has 4 aromatic carbocycles. The highest BCUT2D eigenvalue weighted by atomic mass is 16.6. The summed E-state index contributed by atoms with van der Waals surface area (Å²) in [6.45, 7) is 10.7. The zero-order valence-corrected chi connectivity index (χ0v) is 27.2. The normalized spacial score (nSPS) is 16.0. The Bertz CT molecular complexity index is 1650.